The standard InChI is InChI=1S/C15H19FN2O3S/c16-13-8-11(18-9-12(10-19)21-15(18)20)2-3-14(13)17-4-1-6-22-7-5-17/h2-3,8,12,19H,1,4-7,9-10H2. The number of ether oxygens (including phenoxy) is 1. The maximum Gasteiger partial charge on any atom is 0.414 e. The summed E-state index contributed by atoms with van der Waals surface area (Å²) in [5.41, 5.74) is 1.05. The Hall–Kier alpha value is -1.47. The van der Waals surface area contributed by atoms with Crippen LogP contribution < -0.4 is 9.80 Å². The van der Waals surface area contributed by atoms with E-state index in [4.69, 9.17) is 9.84 Å². The minimum Gasteiger partial charge on any atom is -0.441 e. The first kappa shape index (κ1) is 15.4. The van der Waals surface area contributed by atoms with E-state index in [1.54, 1.807) is 12.1 Å². The number of thioether (sulfide) groups is 1. The van der Waals surface area contributed by atoms with Crippen LogP contribution in [0.4, 0.5) is 20.6 Å². The van der Waals surface area contributed by atoms with Gasteiger partial charge in [-0.05, 0) is 30.4 Å². The molecule has 0 aromatic heterocycles. The van der Waals surface area contributed by atoms with E-state index in [1.165, 1.54) is 11.0 Å². The molecule has 0 saturated carbocycles. The quantitative estimate of drug-likeness (QED) is 0.922. The van der Waals surface area contributed by atoms with Crippen molar-refractivity contribution in [2.24, 2.45) is 0 Å². The van der Waals surface area contributed by atoms with Gasteiger partial charge in [-0.2, -0.15) is 11.8 Å². The molecule has 1 amide bonds. The van der Waals surface area contributed by atoms with Gasteiger partial charge in [0.05, 0.1) is 24.5 Å². The van der Waals surface area contributed by atoms with Crippen molar-refractivity contribution < 1.29 is 19.0 Å². The molecule has 0 spiro atoms. The summed E-state index contributed by atoms with van der Waals surface area (Å²) in [6, 6.07) is 4.83. The van der Waals surface area contributed by atoms with Gasteiger partial charge in [-0.1, -0.05) is 0 Å². The number of amides is 1. The highest BCUT2D eigenvalue weighted by Crippen LogP contribution is 2.29. The van der Waals surface area contributed by atoms with Crippen LogP contribution in [0.5, 0.6) is 0 Å². The zero-order chi connectivity index (χ0) is 15.5. The van der Waals surface area contributed by atoms with E-state index in [-0.39, 0.29) is 19.0 Å². The monoisotopic (exact) mass is 326 g/mol. The van der Waals surface area contributed by atoms with E-state index in [2.05, 4.69) is 4.90 Å². The van der Waals surface area contributed by atoms with Crippen LogP contribution in [0.15, 0.2) is 18.2 Å². The Morgan fingerprint density at radius 1 is 1.36 bits per heavy atom. The Labute approximate surface area is 133 Å². The topological polar surface area (TPSA) is 53.0 Å². The first-order chi connectivity index (χ1) is 10.7. The number of halogens is 1. The summed E-state index contributed by atoms with van der Waals surface area (Å²) in [7, 11) is 0. The number of carbonyl (C=O) groups excluding carboxylic acids is 1. The number of anilines is 2. The summed E-state index contributed by atoms with van der Waals surface area (Å²) in [5.74, 6) is 1.78. The predicted octanol–water partition coefficient (Wildman–Crippen LogP) is 2.09. The summed E-state index contributed by atoms with van der Waals surface area (Å²) in [4.78, 5) is 15.2. The fourth-order valence-corrected chi connectivity index (χ4v) is 3.62. The Bertz CT molecular complexity index is 550. The highest BCUT2D eigenvalue weighted by Gasteiger charge is 2.32. The van der Waals surface area contributed by atoms with Gasteiger partial charge in [0.25, 0.3) is 0 Å². The van der Waals surface area contributed by atoms with Gasteiger partial charge in [0.2, 0.25) is 0 Å². The number of carbonyl (C=O) groups is 1. The zero-order valence-corrected chi connectivity index (χ0v) is 13.0. The van der Waals surface area contributed by atoms with Crippen LogP contribution in [0.2, 0.25) is 0 Å². The number of rotatable bonds is 3. The highest BCUT2D eigenvalue weighted by molar-refractivity contribution is 7.99. The third-order valence-corrected chi connectivity index (χ3v) is 4.93. The molecular weight excluding hydrogens is 307 g/mol. The van der Waals surface area contributed by atoms with Crippen LogP contribution in [-0.2, 0) is 4.74 Å². The van der Waals surface area contributed by atoms with Crippen LogP contribution >= 0.6 is 11.8 Å². The van der Waals surface area contributed by atoms with Gasteiger partial charge >= 0.3 is 6.09 Å². The number of aliphatic hydroxyl groups is 1. The molecule has 120 valence electrons. The van der Waals surface area contributed by atoms with Gasteiger partial charge < -0.3 is 14.7 Å². The van der Waals surface area contributed by atoms with Crippen LogP contribution in [0, 0.1) is 5.82 Å². The van der Waals surface area contributed by atoms with Gasteiger partial charge in [0.1, 0.15) is 11.9 Å². The average molecular weight is 326 g/mol. The molecule has 2 heterocycles. The first-order valence-corrected chi connectivity index (χ1v) is 8.56. The van der Waals surface area contributed by atoms with Crippen molar-refractivity contribution in [3.8, 4) is 0 Å². The SMILES string of the molecule is O=C1OC(CO)CN1c1ccc(N2CCCSCC2)c(F)c1. The van der Waals surface area contributed by atoms with Crippen molar-refractivity contribution in [2.45, 2.75) is 12.5 Å². The van der Waals surface area contributed by atoms with Crippen molar-refractivity contribution in [2.75, 3.05) is 47.5 Å². The molecule has 2 aliphatic rings. The molecule has 1 atom stereocenters. The third-order valence-electron chi connectivity index (χ3n) is 3.88. The molecule has 2 saturated heterocycles. The molecule has 1 N–H and O–H groups in total. The molecule has 0 aliphatic carbocycles. The van der Waals surface area contributed by atoms with Gasteiger partial charge in [-0.25, -0.2) is 9.18 Å². The van der Waals surface area contributed by atoms with Gasteiger partial charge in [-0.3, -0.25) is 4.90 Å². The van der Waals surface area contributed by atoms with Crippen LogP contribution in [0.1, 0.15) is 6.42 Å². The summed E-state index contributed by atoms with van der Waals surface area (Å²) in [5, 5.41) is 9.06. The van der Waals surface area contributed by atoms with E-state index in [1.807, 2.05) is 11.8 Å². The second-order valence-electron chi connectivity index (χ2n) is 5.39. The molecule has 1 unspecified atom stereocenters. The van der Waals surface area contributed by atoms with E-state index < -0.39 is 12.2 Å². The Kier molecular flexibility index (Phi) is 4.73. The summed E-state index contributed by atoms with van der Waals surface area (Å²) < 4.78 is 19.4. The molecule has 7 heteroatoms. The first-order valence-electron chi connectivity index (χ1n) is 7.40. The van der Waals surface area contributed by atoms with Gasteiger partial charge in [-0.15, -0.1) is 0 Å². The Morgan fingerprint density at radius 3 is 2.95 bits per heavy atom. The lowest BCUT2D eigenvalue weighted by Crippen LogP contribution is -2.28. The highest BCUT2D eigenvalue weighted by atomic mass is 32.2. The Morgan fingerprint density at radius 2 is 2.23 bits per heavy atom. The molecule has 3 rings (SSSR count). The normalized spacial score (nSPS) is 22.6. The summed E-state index contributed by atoms with van der Waals surface area (Å²) in [6.07, 6.45) is -0.0436. The maximum atomic E-state index is 14.5. The van der Waals surface area contributed by atoms with Crippen molar-refractivity contribution >= 4 is 29.2 Å². The molecule has 1 aromatic rings. The predicted molar refractivity (Wildman–Crippen MR) is 85.3 cm³/mol. The van der Waals surface area contributed by atoms with E-state index in [9.17, 15) is 9.18 Å². The minimum atomic E-state index is -0.544. The second kappa shape index (κ2) is 6.75. The average Bonchev–Trinajstić information content (AvgIpc) is 2.73. The van der Waals surface area contributed by atoms with E-state index >= 15 is 0 Å². The molecule has 2 fully saturated rings. The molecule has 2 aliphatic heterocycles. The van der Waals surface area contributed by atoms with Crippen LogP contribution in [0.3, 0.4) is 0 Å². The fraction of sp³-hybridized carbons (Fsp3) is 0.533. The maximum absolute atomic E-state index is 14.5. The zero-order valence-electron chi connectivity index (χ0n) is 12.2. The second-order valence-corrected chi connectivity index (χ2v) is 6.61. The van der Waals surface area contributed by atoms with E-state index in [0.717, 1.165) is 31.0 Å². The lowest BCUT2D eigenvalue weighted by atomic mass is 10.2. The van der Waals surface area contributed by atoms with Crippen LogP contribution in [-0.4, -0.2) is 55.1 Å². The minimum absolute atomic E-state index is 0.228. The summed E-state index contributed by atoms with van der Waals surface area (Å²) in [6.45, 7) is 1.70. The molecule has 5 nitrogen and oxygen atoms in total. The number of nitrogens with zero attached hydrogens (tertiary/aromatic N) is 2. The molecule has 0 bridgehead atoms. The van der Waals surface area contributed by atoms with Crippen molar-refractivity contribution in [3.05, 3.63) is 24.0 Å². The number of aliphatic hydroxyl groups excluding tert-OH is 1. The number of hydrogen-bond donors (Lipinski definition) is 1. The molecule has 0 radical (unpaired) electrons. The van der Waals surface area contributed by atoms with Crippen molar-refractivity contribution in [1.29, 1.82) is 0 Å². The Balaban J connectivity index is 1.78. The number of benzene rings is 1. The number of hydrogen-bond acceptors (Lipinski definition) is 5. The smallest absolute Gasteiger partial charge is 0.414 e. The van der Waals surface area contributed by atoms with Gasteiger partial charge in [0, 0.05) is 18.8 Å². The lowest BCUT2D eigenvalue weighted by Gasteiger charge is -2.24. The van der Waals surface area contributed by atoms with Crippen LogP contribution in [0.25, 0.3) is 0 Å². The fourth-order valence-electron chi connectivity index (χ4n) is 2.73. The largest absolute Gasteiger partial charge is 0.441 e. The van der Waals surface area contributed by atoms with E-state index in [0.29, 0.717) is 11.4 Å². The lowest BCUT2D eigenvalue weighted by molar-refractivity contribution is 0.0963. The van der Waals surface area contributed by atoms with Crippen molar-refractivity contribution in [3.63, 3.8) is 0 Å². The molecule has 22 heavy (non-hydrogen) atoms. The van der Waals surface area contributed by atoms with Crippen molar-refractivity contribution in [1.82, 2.24) is 0 Å². The number of cyclic esters (lactones) is 1. The van der Waals surface area contributed by atoms with Gasteiger partial charge in [0.15, 0.2) is 0 Å². The molecular formula is C15H19FN2O3S. The summed E-state index contributed by atoms with van der Waals surface area (Å²) >= 11 is 1.89. The molecule has 1 aromatic carbocycles. The third kappa shape index (κ3) is 3.15.